The standard InChI is InChI=1S/C14H9Cl2N3OS/c15-9-4-6-10(7-5-9)21(20)19-13-8-17-14-11(16)2-1-3-12(14)18-13/h1-8H,(H,18,19). The molecule has 1 N–H and O–H groups in total. The molecule has 3 aromatic rings. The Labute approximate surface area is 133 Å². The Morgan fingerprint density at radius 1 is 1.05 bits per heavy atom. The second-order valence-electron chi connectivity index (χ2n) is 4.19. The highest BCUT2D eigenvalue weighted by molar-refractivity contribution is 7.86. The number of hydrogen-bond acceptors (Lipinski definition) is 3. The van der Waals surface area contributed by atoms with Crippen molar-refractivity contribution in [2.75, 3.05) is 4.72 Å². The van der Waals surface area contributed by atoms with E-state index in [2.05, 4.69) is 14.7 Å². The molecule has 0 saturated carbocycles. The number of aromatic nitrogens is 2. The van der Waals surface area contributed by atoms with E-state index in [4.69, 9.17) is 23.2 Å². The lowest BCUT2D eigenvalue weighted by atomic mass is 10.3. The van der Waals surface area contributed by atoms with Gasteiger partial charge in [0.25, 0.3) is 0 Å². The molecule has 2 aromatic carbocycles. The highest BCUT2D eigenvalue weighted by atomic mass is 35.5. The van der Waals surface area contributed by atoms with Crippen LogP contribution in [0.15, 0.2) is 53.6 Å². The van der Waals surface area contributed by atoms with E-state index in [1.165, 1.54) is 6.20 Å². The monoisotopic (exact) mass is 337 g/mol. The molecule has 0 aliphatic rings. The fourth-order valence-corrected chi connectivity index (χ4v) is 2.90. The van der Waals surface area contributed by atoms with Gasteiger partial charge in [0.05, 0.1) is 21.6 Å². The number of hydrogen-bond donors (Lipinski definition) is 1. The molecule has 1 atom stereocenters. The van der Waals surface area contributed by atoms with Crippen molar-refractivity contribution >= 4 is 51.0 Å². The van der Waals surface area contributed by atoms with Gasteiger partial charge >= 0.3 is 0 Å². The summed E-state index contributed by atoms with van der Waals surface area (Å²) in [6.45, 7) is 0. The third kappa shape index (κ3) is 3.15. The normalized spacial score (nSPS) is 12.3. The summed E-state index contributed by atoms with van der Waals surface area (Å²) in [7, 11) is -1.44. The molecule has 0 bridgehead atoms. The second-order valence-corrected chi connectivity index (χ2v) is 6.24. The summed E-state index contributed by atoms with van der Waals surface area (Å²) in [6.07, 6.45) is 1.50. The Hall–Kier alpha value is -1.69. The number of nitrogens with one attached hydrogen (secondary N) is 1. The minimum absolute atomic E-state index is 0.415. The predicted molar refractivity (Wildman–Crippen MR) is 86.0 cm³/mol. The van der Waals surface area contributed by atoms with Gasteiger partial charge in [0.1, 0.15) is 5.52 Å². The summed E-state index contributed by atoms with van der Waals surface area (Å²) in [6, 6.07) is 12.1. The molecule has 0 fully saturated rings. The summed E-state index contributed by atoms with van der Waals surface area (Å²) in [4.78, 5) is 9.18. The maximum Gasteiger partial charge on any atom is 0.157 e. The van der Waals surface area contributed by atoms with Gasteiger partial charge in [0.15, 0.2) is 16.8 Å². The van der Waals surface area contributed by atoms with Crippen molar-refractivity contribution in [3.8, 4) is 0 Å². The third-order valence-electron chi connectivity index (χ3n) is 2.75. The van der Waals surface area contributed by atoms with Crippen LogP contribution in [-0.2, 0) is 11.0 Å². The van der Waals surface area contributed by atoms with Crippen LogP contribution >= 0.6 is 23.2 Å². The Kier molecular flexibility index (Phi) is 4.05. The lowest BCUT2D eigenvalue weighted by Gasteiger charge is -2.06. The van der Waals surface area contributed by atoms with Gasteiger partial charge in [-0.2, -0.15) is 0 Å². The molecule has 0 saturated heterocycles. The van der Waals surface area contributed by atoms with Crippen LogP contribution in [0.2, 0.25) is 10.0 Å². The van der Waals surface area contributed by atoms with Crippen LogP contribution in [-0.4, -0.2) is 14.2 Å². The maximum absolute atomic E-state index is 12.2. The maximum atomic E-state index is 12.2. The van der Waals surface area contributed by atoms with E-state index < -0.39 is 11.0 Å². The minimum Gasteiger partial charge on any atom is -0.284 e. The van der Waals surface area contributed by atoms with Crippen molar-refractivity contribution in [1.29, 1.82) is 0 Å². The smallest absolute Gasteiger partial charge is 0.157 e. The van der Waals surface area contributed by atoms with E-state index in [0.717, 1.165) is 0 Å². The Bertz CT molecular complexity index is 824. The van der Waals surface area contributed by atoms with Crippen molar-refractivity contribution in [1.82, 2.24) is 9.97 Å². The van der Waals surface area contributed by atoms with E-state index in [-0.39, 0.29) is 0 Å². The molecule has 7 heteroatoms. The molecule has 0 aliphatic carbocycles. The van der Waals surface area contributed by atoms with Crippen molar-refractivity contribution in [2.45, 2.75) is 4.90 Å². The van der Waals surface area contributed by atoms with E-state index in [0.29, 0.717) is 31.8 Å². The molecule has 0 radical (unpaired) electrons. The highest BCUT2D eigenvalue weighted by Gasteiger charge is 2.07. The molecule has 1 aromatic heterocycles. The molecule has 1 heterocycles. The van der Waals surface area contributed by atoms with Crippen molar-refractivity contribution in [3.05, 3.63) is 58.7 Å². The van der Waals surface area contributed by atoms with Gasteiger partial charge in [-0.05, 0) is 36.4 Å². The first-order valence-electron chi connectivity index (χ1n) is 5.99. The van der Waals surface area contributed by atoms with Crippen molar-refractivity contribution < 1.29 is 4.21 Å². The molecule has 0 amide bonds. The number of nitrogens with zero attached hydrogens (tertiary/aromatic N) is 2. The fourth-order valence-electron chi connectivity index (χ4n) is 1.77. The largest absolute Gasteiger partial charge is 0.284 e. The number of halogens is 2. The first-order chi connectivity index (χ1) is 10.1. The van der Waals surface area contributed by atoms with Gasteiger partial charge < -0.3 is 0 Å². The molecular weight excluding hydrogens is 329 g/mol. The van der Waals surface area contributed by atoms with Gasteiger partial charge in [0, 0.05) is 5.02 Å². The summed E-state index contributed by atoms with van der Waals surface area (Å²) < 4.78 is 15.0. The van der Waals surface area contributed by atoms with Gasteiger partial charge in [-0.3, -0.25) is 4.72 Å². The number of rotatable bonds is 3. The Balaban J connectivity index is 1.88. The van der Waals surface area contributed by atoms with Crippen LogP contribution in [0.3, 0.4) is 0 Å². The molecule has 106 valence electrons. The summed E-state index contributed by atoms with van der Waals surface area (Å²) in [5.41, 5.74) is 1.25. The van der Waals surface area contributed by atoms with E-state index in [1.54, 1.807) is 42.5 Å². The average molecular weight is 338 g/mol. The number of fused-ring (bicyclic) bond motifs is 1. The predicted octanol–water partition coefficient (Wildman–Crippen LogP) is 4.07. The molecule has 1 unspecified atom stereocenters. The average Bonchev–Trinajstić information content (AvgIpc) is 2.48. The zero-order chi connectivity index (χ0) is 14.8. The Morgan fingerprint density at radius 2 is 1.81 bits per heavy atom. The van der Waals surface area contributed by atoms with Crippen molar-refractivity contribution in [2.24, 2.45) is 0 Å². The topological polar surface area (TPSA) is 54.9 Å². The summed E-state index contributed by atoms with van der Waals surface area (Å²) >= 11 is 11.8. The first kappa shape index (κ1) is 14.3. The van der Waals surface area contributed by atoms with Gasteiger partial charge in [-0.15, -0.1) is 0 Å². The minimum atomic E-state index is -1.44. The third-order valence-corrected chi connectivity index (χ3v) is 4.40. The lowest BCUT2D eigenvalue weighted by Crippen LogP contribution is -2.06. The number of benzene rings is 2. The summed E-state index contributed by atoms with van der Waals surface area (Å²) in [5.74, 6) is 0.415. The van der Waals surface area contributed by atoms with Crippen LogP contribution in [0.1, 0.15) is 0 Å². The second kappa shape index (κ2) is 5.97. The van der Waals surface area contributed by atoms with Gasteiger partial charge in [0.2, 0.25) is 0 Å². The molecule has 0 aliphatic heterocycles. The van der Waals surface area contributed by atoms with Crippen LogP contribution in [0, 0.1) is 0 Å². The van der Waals surface area contributed by atoms with Gasteiger partial charge in [-0.1, -0.05) is 29.3 Å². The van der Waals surface area contributed by atoms with Crippen LogP contribution in [0.5, 0.6) is 0 Å². The molecule has 21 heavy (non-hydrogen) atoms. The molecule has 0 spiro atoms. The first-order valence-corrected chi connectivity index (χ1v) is 7.89. The Morgan fingerprint density at radius 3 is 2.57 bits per heavy atom. The SMILES string of the molecule is O=S(Nc1cnc2c(Cl)cccc2n1)c1ccc(Cl)cc1. The molecule has 4 nitrogen and oxygen atoms in total. The molecule has 3 rings (SSSR count). The number of anilines is 1. The lowest BCUT2D eigenvalue weighted by molar-refractivity contribution is 0.686. The zero-order valence-electron chi connectivity index (χ0n) is 10.6. The van der Waals surface area contributed by atoms with E-state index in [9.17, 15) is 4.21 Å². The van der Waals surface area contributed by atoms with Crippen molar-refractivity contribution in [3.63, 3.8) is 0 Å². The summed E-state index contributed by atoms with van der Waals surface area (Å²) in [5, 5.41) is 1.13. The van der Waals surface area contributed by atoms with Crippen LogP contribution < -0.4 is 4.72 Å². The molecular formula is C14H9Cl2N3OS. The van der Waals surface area contributed by atoms with E-state index >= 15 is 0 Å². The van der Waals surface area contributed by atoms with Crippen LogP contribution in [0.4, 0.5) is 5.82 Å². The fraction of sp³-hybridized carbons (Fsp3) is 0. The number of para-hydroxylation sites is 1. The van der Waals surface area contributed by atoms with E-state index in [1.807, 2.05) is 0 Å². The highest BCUT2D eigenvalue weighted by Crippen LogP contribution is 2.21. The quantitative estimate of drug-likeness (QED) is 0.783. The van der Waals surface area contributed by atoms with Crippen LogP contribution in [0.25, 0.3) is 11.0 Å². The zero-order valence-corrected chi connectivity index (χ0v) is 12.9. The van der Waals surface area contributed by atoms with Gasteiger partial charge in [-0.25, -0.2) is 14.2 Å².